The minimum atomic E-state index is -1.35. The third kappa shape index (κ3) is 8.40. The molecule has 1 heterocycles. The van der Waals surface area contributed by atoms with E-state index < -0.39 is 11.6 Å². The lowest BCUT2D eigenvalue weighted by atomic mass is 9.82. The number of ether oxygens (including phenoxy) is 4. The third-order valence-electron chi connectivity index (χ3n) is 8.86. The van der Waals surface area contributed by atoms with Crippen LogP contribution in [-0.2, 0) is 22.4 Å². The van der Waals surface area contributed by atoms with E-state index in [9.17, 15) is 4.79 Å². The van der Waals surface area contributed by atoms with Crippen molar-refractivity contribution < 1.29 is 28.8 Å². The molecule has 1 aliphatic rings. The topological polar surface area (TPSA) is 111 Å². The van der Waals surface area contributed by atoms with Crippen molar-refractivity contribution in [2.24, 2.45) is 4.99 Å². The van der Waals surface area contributed by atoms with E-state index in [0.29, 0.717) is 55.6 Å². The lowest BCUT2D eigenvalue weighted by Gasteiger charge is -2.31. The molecular weight excluding hydrogens is 642 g/mol. The molecule has 0 unspecified atom stereocenters. The van der Waals surface area contributed by atoms with Crippen molar-refractivity contribution in [1.29, 1.82) is 0 Å². The molecule has 0 saturated carbocycles. The molecule has 9 nitrogen and oxygen atoms in total. The van der Waals surface area contributed by atoms with Crippen LogP contribution in [0.15, 0.2) is 132 Å². The molecule has 0 saturated heterocycles. The molecule has 0 radical (unpaired) electrons. The summed E-state index contributed by atoms with van der Waals surface area (Å²) in [4.78, 5) is 19.7. The van der Waals surface area contributed by atoms with E-state index in [4.69, 9.17) is 29.0 Å². The quantitative estimate of drug-likeness (QED) is 0.0804. The van der Waals surface area contributed by atoms with Gasteiger partial charge in [-0.2, -0.15) is 0 Å². The van der Waals surface area contributed by atoms with Gasteiger partial charge < -0.3 is 24.1 Å². The van der Waals surface area contributed by atoms with E-state index in [-0.39, 0.29) is 12.5 Å². The number of benzene rings is 5. The van der Waals surface area contributed by atoms with E-state index in [1.54, 1.807) is 14.2 Å². The second-order valence-electron chi connectivity index (χ2n) is 12.3. The fourth-order valence-corrected chi connectivity index (χ4v) is 6.16. The van der Waals surface area contributed by atoms with Crippen molar-refractivity contribution in [2.75, 3.05) is 34.0 Å². The standard InChI is InChI=1S/C42H43N3O6/c1-48-37-23-14-30(28-38(37)49-2)24-25-43-45-41(47)42(29-31-10-5-3-6-11-31)39(34-17-15-33(16-18-34)32-12-7-4-8-13-32)51-40(44-42)35-19-21-36(22-20-35)50-27-9-26-46/h3-8,10-23,28,39,43,46H,9,24-27,29H2,1-2H3,(H,45,47)/t39-,42-/m0/s1. The van der Waals surface area contributed by atoms with Crippen LogP contribution in [0.5, 0.6) is 17.2 Å². The smallest absolute Gasteiger partial charge is 0.266 e. The van der Waals surface area contributed by atoms with Crippen LogP contribution < -0.4 is 25.1 Å². The normalized spacial score (nSPS) is 16.5. The maximum Gasteiger partial charge on any atom is 0.266 e. The first-order valence-electron chi connectivity index (χ1n) is 17.1. The number of methoxy groups -OCH3 is 2. The summed E-state index contributed by atoms with van der Waals surface area (Å²) in [6.07, 6.45) is 0.746. The summed E-state index contributed by atoms with van der Waals surface area (Å²) in [5.41, 5.74) is 10.5. The van der Waals surface area contributed by atoms with E-state index in [0.717, 1.165) is 33.4 Å². The average molecular weight is 686 g/mol. The van der Waals surface area contributed by atoms with Crippen LogP contribution in [-0.4, -0.2) is 56.4 Å². The highest BCUT2D eigenvalue weighted by Gasteiger charge is 2.53. The molecule has 0 fully saturated rings. The molecule has 6 rings (SSSR count). The number of nitrogens with one attached hydrogen (secondary N) is 2. The second-order valence-corrected chi connectivity index (χ2v) is 12.3. The zero-order valence-corrected chi connectivity index (χ0v) is 28.9. The van der Waals surface area contributed by atoms with Crippen LogP contribution in [0.3, 0.4) is 0 Å². The van der Waals surface area contributed by atoms with Gasteiger partial charge in [0.2, 0.25) is 5.90 Å². The number of amides is 1. The van der Waals surface area contributed by atoms with Gasteiger partial charge in [0, 0.05) is 31.6 Å². The van der Waals surface area contributed by atoms with Gasteiger partial charge >= 0.3 is 0 Å². The molecule has 51 heavy (non-hydrogen) atoms. The predicted octanol–water partition coefficient (Wildman–Crippen LogP) is 6.50. The Morgan fingerprint density at radius 2 is 1.45 bits per heavy atom. The van der Waals surface area contributed by atoms with Gasteiger partial charge in [-0.15, -0.1) is 0 Å². The molecule has 1 amide bonds. The first-order chi connectivity index (χ1) is 25.0. The Kier molecular flexibility index (Phi) is 11.6. The Hall–Kier alpha value is -5.64. The fourth-order valence-electron chi connectivity index (χ4n) is 6.16. The molecule has 5 aromatic rings. The Morgan fingerprint density at radius 3 is 2.14 bits per heavy atom. The van der Waals surface area contributed by atoms with Crippen molar-refractivity contribution in [1.82, 2.24) is 10.9 Å². The van der Waals surface area contributed by atoms with E-state index in [2.05, 4.69) is 35.1 Å². The lowest BCUT2D eigenvalue weighted by Crippen LogP contribution is -2.54. The molecule has 9 heteroatoms. The first kappa shape index (κ1) is 35.2. The largest absolute Gasteiger partial charge is 0.494 e. The van der Waals surface area contributed by atoms with Crippen LogP contribution in [0.2, 0.25) is 0 Å². The number of aliphatic imine (C=N–C) groups is 1. The molecule has 0 aliphatic carbocycles. The number of hydrazine groups is 1. The third-order valence-corrected chi connectivity index (χ3v) is 8.86. The Balaban J connectivity index is 1.31. The van der Waals surface area contributed by atoms with Gasteiger partial charge in [-0.25, -0.2) is 10.4 Å². The Bertz CT molecular complexity index is 1900. The maximum absolute atomic E-state index is 14.6. The highest BCUT2D eigenvalue weighted by molar-refractivity contribution is 6.01. The van der Waals surface area contributed by atoms with Crippen LogP contribution in [0, 0.1) is 0 Å². The maximum atomic E-state index is 14.6. The lowest BCUT2D eigenvalue weighted by molar-refractivity contribution is -0.130. The number of carbonyl (C=O) groups excluding carboxylic acids is 1. The van der Waals surface area contributed by atoms with Gasteiger partial charge in [-0.1, -0.05) is 91.0 Å². The number of hydrogen-bond acceptors (Lipinski definition) is 8. The van der Waals surface area contributed by atoms with Gasteiger partial charge in [-0.3, -0.25) is 10.2 Å². The van der Waals surface area contributed by atoms with Gasteiger partial charge in [0.15, 0.2) is 23.1 Å². The average Bonchev–Trinajstić information content (AvgIpc) is 3.57. The summed E-state index contributed by atoms with van der Waals surface area (Å²) >= 11 is 0. The Labute approximate surface area is 298 Å². The second kappa shape index (κ2) is 16.8. The summed E-state index contributed by atoms with van der Waals surface area (Å²) in [5, 5.41) is 9.12. The summed E-state index contributed by atoms with van der Waals surface area (Å²) in [6, 6.07) is 41.4. The fraction of sp³-hybridized carbons (Fsp3) is 0.238. The van der Waals surface area contributed by atoms with Crippen LogP contribution >= 0.6 is 0 Å². The Morgan fingerprint density at radius 1 is 0.784 bits per heavy atom. The molecule has 3 N–H and O–H groups in total. The van der Waals surface area contributed by atoms with Gasteiger partial charge in [0.05, 0.1) is 20.8 Å². The van der Waals surface area contributed by atoms with Gasteiger partial charge in [0.25, 0.3) is 5.91 Å². The highest BCUT2D eigenvalue weighted by atomic mass is 16.5. The molecule has 1 aliphatic heterocycles. The number of carbonyl (C=O) groups is 1. The minimum Gasteiger partial charge on any atom is -0.494 e. The molecule has 5 aromatic carbocycles. The molecule has 2 atom stereocenters. The van der Waals surface area contributed by atoms with Crippen molar-refractivity contribution >= 4 is 11.8 Å². The summed E-state index contributed by atoms with van der Waals surface area (Å²) in [7, 11) is 3.22. The first-order valence-corrected chi connectivity index (χ1v) is 17.1. The highest BCUT2D eigenvalue weighted by Crippen LogP contribution is 2.43. The number of rotatable bonds is 16. The summed E-state index contributed by atoms with van der Waals surface area (Å²) in [6.45, 7) is 0.940. The zero-order chi connectivity index (χ0) is 35.5. The molecule has 0 aromatic heterocycles. The SMILES string of the molecule is COc1ccc(CCNNC(=O)[C@@]2(Cc3ccccc3)N=C(c3ccc(OCCCO)cc3)O[C@H]2c2ccc(-c3ccccc3)cc2)cc1OC. The van der Waals surface area contributed by atoms with Crippen molar-refractivity contribution in [3.8, 4) is 28.4 Å². The number of hydrogen-bond donors (Lipinski definition) is 3. The minimum absolute atomic E-state index is 0.0626. The van der Waals surface area contributed by atoms with Crippen LogP contribution in [0.4, 0.5) is 0 Å². The molecular formula is C42H43N3O6. The zero-order valence-electron chi connectivity index (χ0n) is 28.9. The van der Waals surface area contributed by atoms with Crippen molar-refractivity contribution in [3.05, 3.63) is 150 Å². The summed E-state index contributed by atoms with van der Waals surface area (Å²) < 4.78 is 23.3. The number of aliphatic hydroxyl groups is 1. The predicted molar refractivity (Wildman–Crippen MR) is 198 cm³/mol. The van der Waals surface area contributed by atoms with Crippen molar-refractivity contribution in [3.63, 3.8) is 0 Å². The monoisotopic (exact) mass is 685 g/mol. The number of aliphatic hydroxyl groups excluding tert-OH is 1. The van der Waals surface area contributed by atoms with E-state index >= 15 is 0 Å². The van der Waals surface area contributed by atoms with Crippen LogP contribution in [0.1, 0.15) is 34.8 Å². The van der Waals surface area contributed by atoms with Gasteiger partial charge in [-0.05, 0) is 70.6 Å². The number of nitrogens with zero attached hydrogens (tertiary/aromatic N) is 1. The molecule has 0 bridgehead atoms. The van der Waals surface area contributed by atoms with Gasteiger partial charge in [0.1, 0.15) is 5.75 Å². The van der Waals surface area contributed by atoms with E-state index in [1.807, 2.05) is 103 Å². The van der Waals surface area contributed by atoms with Crippen LogP contribution in [0.25, 0.3) is 11.1 Å². The summed E-state index contributed by atoms with van der Waals surface area (Å²) in [5.74, 6) is 2.04. The van der Waals surface area contributed by atoms with E-state index in [1.165, 1.54) is 0 Å². The molecule has 0 spiro atoms. The van der Waals surface area contributed by atoms with Crippen molar-refractivity contribution in [2.45, 2.75) is 30.9 Å². The molecule has 262 valence electrons.